The van der Waals surface area contributed by atoms with Crippen LogP contribution < -0.4 is 5.32 Å². The van der Waals surface area contributed by atoms with E-state index in [-0.39, 0.29) is 22.9 Å². The summed E-state index contributed by atoms with van der Waals surface area (Å²) in [7, 11) is 0. The van der Waals surface area contributed by atoms with Crippen LogP contribution in [0.5, 0.6) is 0 Å². The van der Waals surface area contributed by atoms with Crippen molar-refractivity contribution >= 4 is 5.69 Å². The lowest BCUT2D eigenvalue weighted by atomic mass is 10.1. The summed E-state index contributed by atoms with van der Waals surface area (Å²) in [4.78, 5) is 10.4. The number of hydrogen-bond acceptors (Lipinski definition) is 5. The van der Waals surface area contributed by atoms with E-state index in [0.29, 0.717) is 19.8 Å². The van der Waals surface area contributed by atoms with E-state index in [0.717, 1.165) is 5.56 Å². The largest absolute Gasteiger partial charge is 0.352 e. The van der Waals surface area contributed by atoms with E-state index in [1.54, 1.807) is 12.1 Å². The van der Waals surface area contributed by atoms with Crippen molar-refractivity contribution in [2.45, 2.75) is 33.1 Å². The molecular weight excluding hydrogens is 260 g/mol. The van der Waals surface area contributed by atoms with Crippen molar-refractivity contribution in [1.29, 1.82) is 0 Å². The molecule has 0 spiro atoms. The number of nitro benzene ring substituents is 1. The highest BCUT2D eigenvalue weighted by molar-refractivity contribution is 5.35. The number of non-ortho nitro benzene ring substituents is 1. The lowest BCUT2D eigenvalue weighted by Crippen LogP contribution is -2.33. The molecule has 112 valence electrons. The first kappa shape index (κ1) is 16.6. The standard InChI is InChI=1S/C14H22N2O4/c1-4-19-14(20-5-2)10-15-11(3)12-7-6-8-13(9-12)16(17)18/h6-9,11,14-15H,4-5,10H2,1-3H3. The van der Waals surface area contributed by atoms with Crippen LogP contribution in [0.15, 0.2) is 24.3 Å². The molecule has 0 aromatic heterocycles. The van der Waals surface area contributed by atoms with Crippen molar-refractivity contribution in [2.24, 2.45) is 0 Å². The summed E-state index contributed by atoms with van der Waals surface area (Å²) in [5.74, 6) is 0. The fourth-order valence-electron chi connectivity index (χ4n) is 1.84. The van der Waals surface area contributed by atoms with Crippen LogP contribution in [0.4, 0.5) is 5.69 Å². The van der Waals surface area contributed by atoms with E-state index in [2.05, 4.69) is 5.32 Å². The van der Waals surface area contributed by atoms with Gasteiger partial charge in [0.1, 0.15) is 0 Å². The Kier molecular flexibility index (Phi) is 7.14. The third-order valence-electron chi connectivity index (χ3n) is 2.88. The first-order valence-corrected chi connectivity index (χ1v) is 6.79. The number of benzene rings is 1. The third kappa shape index (κ3) is 5.24. The third-order valence-corrected chi connectivity index (χ3v) is 2.88. The average Bonchev–Trinajstić information content (AvgIpc) is 2.45. The van der Waals surface area contributed by atoms with Crippen molar-refractivity contribution in [3.8, 4) is 0 Å². The molecule has 0 amide bonds. The Morgan fingerprint density at radius 3 is 2.50 bits per heavy atom. The van der Waals surface area contributed by atoms with E-state index in [1.807, 2.05) is 26.8 Å². The van der Waals surface area contributed by atoms with Gasteiger partial charge in [-0.1, -0.05) is 12.1 Å². The highest BCUT2D eigenvalue weighted by atomic mass is 16.7. The minimum atomic E-state index is -0.389. The predicted octanol–water partition coefficient (Wildman–Crippen LogP) is 2.64. The maximum atomic E-state index is 10.8. The zero-order chi connectivity index (χ0) is 15.0. The SMILES string of the molecule is CCOC(CNC(C)c1cccc([N+](=O)[O-])c1)OCC. The molecular formula is C14H22N2O4. The maximum absolute atomic E-state index is 10.8. The molecule has 0 aliphatic carbocycles. The molecule has 0 fully saturated rings. The van der Waals surface area contributed by atoms with Gasteiger partial charge in [0.2, 0.25) is 0 Å². The molecule has 6 nitrogen and oxygen atoms in total. The van der Waals surface area contributed by atoms with E-state index in [1.165, 1.54) is 6.07 Å². The van der Waals surface area contributed by atoms with Crippen molar-refractivity contribution in [1.82, 2.24) is 5.32 Å². The number of nitrogens with one attached hydrogen (secondary N) is 1. The van der Waals surface area contributed by atoms with Gasteiger partial charge in [-0.25, -0.2) is 0 Å². The zero-order valence-corrected chi connectivity index (χ0v) is 12.2. The molecule has 1 N–H and O–H groups in total. The molecule has 0 saturated carbocycles. The minimum absolute atomic E-state index is 0.0155. The summed E-state index contributed by atoms with van der Waals surface area (Å²) in [6.07, 6.45) is -0.300. The van der Waals surface area contributed by atoms with Gasteiger partial charge in [0.25, 0.3) is 5.69 Å². The van der Waals surface area contributed by atoms with E-state index >= 15 is 0 Å². The fraction of sp³-hybridized carbons (Fsp3) is 0.571. The van der Waals surface area contributed by atoms with Crippen LogP contribution in [-0.2, 0) is 9.47 Å². The highest BCUT2D eigenvalue weighted by Crippen LogP contribution is 2.18. The average molecular weight is 282 g/mol. The summed E-state index contributed by atoms with van der Waals surface area (Å²) in [5.41, 5.74) is 0.966. The molecule has 1 aromatic carbocycles. The van der Waals surface area contributed by atoms with Crippen LogP contribution >= 0.6 is 0 Å². The van der Waals surface area contributed by atoms with Crippen molar-refractivity contribution in [3.63, 3.8) is 0 Å². The van der Waals surface area contributed by atoms with Crippen LogP contribution in [0.25, 0.3) is 0 Å². The number of hydrogen-bond donors (Lipinski definition) is 1. The molecule has 0 aliphatic rings. The van der Waals surface area contributed by atoms with E-state index < -0.39 is 0 Å². The van der Waals surface area contributed by atoms with Gasteiger partial charge in [0.05, 0.1) is 4.92 Å². The molecule has 0 heterocycles. The van der Waals surface area contributed by atoms with Crippen molar-refractivity contribution in [3.05, 3.63) is 39.9 Å². The van der Waals surface area contributed by atoms with Crippen LogP contribution in [0.1, 0.15) is 32.4 Å². The van der Waals surface area contributed by atoms with Crippen molar-refractivity contribution < 1.29 is 14.4 Å². The monoisotopic (exact) mass is 282 g/mol. The summed E-state index contributed by atoms with van der Waals surface area (Å²) >= 11 is 0. The normalized spacial score (nSPS) is 12.6. The summed E-state index contributed by atoms with van der Waals surface area (Å²) in [5, 5.41) is 14.0. The molecule has 20 heavy (non-hydrogen) atoms. The highest BCUT2D eigenvalue weighted by Gasteiger charge is 2.13. The Bertz CT molecular complexity index is 419. The Balaban J connectivity index is 2.59. The van der Waals surface area contributed by atoms with Gasteiger partial charge in [-0.05, 0) is 26.3 Å². The quantitative estimate of drug-likeness (QED) is 0.428. The zero-order valence-electron chi connectivity index (χ0n) is 12.2. The van der Waals surface area contributed by atoms with Gasteiger partial charge < -0.3 is 14.8 Å². The molecule has 1 atom stereocenters. The smallest absolute Gasteiger partial charge is 0.269 e. The van der Waals surface area contributed by atoms with Gasteiger partial charge in [-0.3, -0.25) is 10.1 Å². The fourth-order valence-corrected chi connectivity index (χ4v) is 1.84. The number of ether oxygens (including phenoxy) is 2. The second kappa shape index (κ2) is 8.63. The second-order valence-electron chi connectivity index (χ2n) is 4.32. The molecule has 1 unspecified atom stereocenters. The minimum Gasteiger partial charge on any atom is -0.352 e. The Labute approximate surface area is 119 Å². The Hall–Kier alpha value is -1.50. The molecule has 0 saturated heterocycles. The van der Waals surface area contributed by atoms with Gasteiger partial charge in [0, 0.05) is 37.9 Å². The molecule has 0 aliphatic heterocycles. The molecule has 0 bridgehead atoms. The Morgan fingerprint density at radius 1 is 1.30 bits per heavy atom. The first-order chi connectivity index (χ1) is 9.58. The molecule has 6 heteroatoms. The number of nitro groups is 1. The van der Waals surface area contributed by atoms with Gasteiger partial charge in [-0.15, -0.1) is 0 Å². The van der Waals surface area contributed by atoms with Gasteiger partial charge in [0.15, 0.2) is 6.29 Å². The number of nitrogens with zero attached hydrogens (tertiary/aromatic N) is 1. The summed E-state index contributed by atoms with van der Waals surface area (Å²) < 4.78 is 10.9. The lowest BCUT2D eigenvalue weighted by molar-refractivity contribution is -0.384. The lowest BCUT2D eigenvalue weighted by Gasteiger charge is -2.20. The van der Waals surface area contributed by atoms with Crippen LogP contribution in [-0.4, -0.2) is 31.0 Å². The number of rotatable bonds is 9. The first-order valence-electron chi connectivity index (χ1n) is 6.79. The molecule has 1 rings (SSSR count). The molecule has 1 aromatic rings. The summed E-state index contributed by atoms with van der Waals surface area (Å²) in [6.45, 7) is 7.47. The van der Waals surface area contributed by atoms with Crippen molar-refractivity contribution in [2.75, 3.05) is 19.8 Å². The van der Waals surface area contributed by atoms with Gasteiger partial charge in [-0.2, -0.15) is 0 Å². The van der Waals surface area contributed by atoms with Crippen LogP contribution in [0, 0.1) is 10.1 Å². The van der Waals surface area contributed by atoms with Gasteiger partial charge >= 0.3 is 0 Å². The second-order valence-corrected chi connectivity index (χ2v) is 4.32. The van der Waals surface area contributed by atoms with Crippen LogP contribution in [0.2, 0.25) is 0 Å². The van der Waals surface area contributed by atoms with Crippen LogP contribution in [0.3, 0.4) is 0 Å². The Morgan fingerprint density at radius 2 is 1.95 bits per heavy atom. The molecule has 0 radical (unpaired) electrons. The topological polar surface area (TPSA) is 73.6 Å². The van der Waals surface area contributed by atoms with E-state index in [9.17, 15) is 10.1 Å². The predicted molar refractivity (Wildman–Crippen MR) is 76.6 cm³/mol. The van der Waals surface area contributed by atoms with E-state index in [4.69, 9.17) is 9.47 Å². The summed E-state index contributed by atoms with van der Waals surface area (Å²) in [6, 6.07) is 6.60. The maximum Gasteiger partial charge on any atom is 0.269 e.